The number of ketones is 1. The van der Waals surface area contributed by atoms with Gasteiger partial charge in [0.05, 0.1) is 11.8 Å². The Hall–Kier alpha value is -3.00. The van der Waals surface area contributed by atoms with Crippen LogP contribution in [-0.2, 0) is 29.2 Å². The second kappa shape index (κ2) is 16.1. The fraction of sp³-hybridized carbons (Fsp3) is 0.794. The first kappa shape index (κ1) is 39.4. The molecular weight excluding hydrogens is 636 g/mol. The molecule has 0 aromatic carbocycles. The maximum Gasteiger partial charge on any atom is 0.315 e. The van der Waals surface area contributed by atoms with Gasteiger partial charge in [0.1, 0.15) is 12.1 Å². The molecule has 1 aliphatic heterocycles. The minimum Gasteiger partial charge on any atom is -0.346 e. The van der Waals surface area contributed by atoms with E-state index in [1.165, 1.54) is 24.4 Å². The van der Waals surface area contributed by atoms with Crippen LogP contribution in [0.15, 0.2) is 12.7 Å². The van der Waals surface area contributed by atoms with Crippen molar-refractivity contribution in [2.24, 2.45) is 22.7 Å². The van der Waals surface area contributed by atoms with E-state index in [-0.39, 0.29) is 36.6 Å². The average Bonchev–Trinajstić information content (AvgIpc) is 3.63. The smallest absolute Gasteiger partial charge is 0.315 e. The first-order chi connectivity index (χ1) is 22.4. The Morgan fingerprint density at radius 1 is 1.02 bits per heavy atom. The molecule has 1 heterocycles. The molecule has 3 fully saturated rings. The van der Waals surface area contributed by atoms with E-state index < -0.39 is 68.6 Å². The van der Waals surface area contributed by atoms with Crippen molar-refractivity contribution in [3.05, 3.63) is 12.7 Å². The fourth-order valence-electron chi connectivity index (χ4n) is 7.49. The van der Waals surface area contributed by atoms with Crippen molar-refractivity contribution in [2.45, 2.75) is 117 Å². The van der Waals surface area contributed by atoms with Gasteiger partial charge < -0.3 is 26.2 Å². The van der Waals surface area contributed by atoms with Gasteiger partial charge in [0, 0.05) is 32.7 Å². The third kappa shape index (κ3) is 9.36. The highest BCUT2D eigenvalue weighted by Crippen LogP contribution is 2.45. The van der Waals surface area contributed by atoms with Gasteiger partial charge >= 0.3 is 6.03 Å². The highest BCUT2D eigenvalue weighted by molar-refractivity contribution is 7.89. The Labute approximate surface area is 286 Å². The minimum atomic E-state index is -3.49. The number of hydrogen-bond donors (Lipinski definition) is 4. The summed E-state index contributed by atoms with van der Waals surface area (Å²) in [6.07, 6.45) is 8.26. The van der Waals surface area contributed by atoms with E-state index in [9.17, 15) is 32.4 Å². The SMILES string of the molecule is C=CCNC(=O)C(=O)C(C)NC(=O)[C@@H]1[C@H]2CCC[C@H]2CN1C(=O)[C@@H](NC(=O)N[C@H](CN(C)S(=O)(=O)CC)C(C)(C)C)C1(C)CCCCC1. The predicted octanol–water partition coefficient (Wildman–Crippen LogP) is 2.32. The van der Waals surface area contributed by atoms with Gasteiger partial charge in [-0.15, -0.1) is 6.58 Å². The molecule has 6 atom stereocenters. The van der Waals surface area contributed by atoms with Gasteiger partial charge in [0.2, 0.25) is 27.6 Å². The van der Waals surface area contributed by atoms with Crippen molar-refractivity contribution in [2.75, 3.05) is 32.4 Å². The van der Waals surface area contributed by atoms with Crippen LogP contribution in [0, 0.1) is 22.7 Å². The molecule has 2 saturated carbocycles. The molecule has 2 aliphatic carbocycles. The molecule has 1 saturated heterocycles. The van der Waals surface area contributed by atoms with Crippen molar-refractivity contribution in [3.8, 4) is 0 Å². The standard InChI is InChI=1S/C34H58N6O7S/c1-9-19-35-30(43)27(41)22(3)36-29(42)26-24-16-14-15-23(24)20-40(26)31(44)28(34(7)17-12-11-13-18-34)38-32(45)37-25(33(4,5)6)21-39(8)48(46,47)10-2/h9,22-26,28H,1,10-21H2,2-8H3,(H,35,43)(H,36,42)(H2,37,38,45)/t22?,23-,24-,25+,26-,28+/m0/s1. The second-order valence-corrected chi connectivity index (χ2v) is 17.6. The molecule has 14 heteroatoms. The number of carbonyl (C=O) groups is 5. The summed E-state index contributed by atoms with van der Waals surface area (Å²) in [5.41, 5.74) is -1.08. The van der Waals surface area contributed by atoms with E-state index in [2.05, 4.69) is 27.8 Å². The second-order valence-electron chi connectivity index (χ2n) is 15.2. The number of rotatable bonds is 14. The van der Waals surface area contributed by atoms with E-state index in [0.29, 0.717) is 19.4 Å². The molecule has 3 aliphatic rings. The topological polar surface area (TPSA) is 174 Å². The summed E-state index contributed by atoms with van der Waals surface area (Å²) < 4.78 is 26.3. The number of amides is 5. The number of likely N-dealkylation sites (tertiary alicyclic amines) is 1. The lowest BCUT2D eigenvalue weighted by Gasteiger charge is -2.43. The monoisotopic (exact) mass is 694 g/mol. The van der Waals surface area contributed by atoms with E-state index in [4.69, 9.17) is 0 Å². The number of hydrogen-bond acceptors (Lipinski definition) is 7. The van der Waals surface area contributed by atoms with E-state index in [0.717, 1.165) is 38.5 Å². The summed E-state index contributed by atoms with van der Waals surface area (Å²) in [4.78, 5) is 68.8. The number of likely N-dealkylation sites (N-methyl/N-ethyl adjacent to an activating group) is 1. The summed E-state index contributed by atoms with van der Waals surface area (Å²) in [5.74, 6) is -2.50. The van der Waals surface area contributed by atoms with Crippen LogP contribution in [0.5, 0.6) is 0 Å². The highest BCUT2D eigenvalue weighted by Gasteiger charge is 2.53. The predicted molar refractivity (Wildman–Crippen MR) is 184 cm³/mol. The number of nitrogens with one attached hydrogen (secondary N) is 4. The maximum absolute atomic E-state index is 14.7. The Morgan fingerprint density at radius 3 is 2.25 bits per heavy atom. The average molecular weight is 695 g/mol. The highest BCUT2D eigenvalue weighted by atomic mass is 32.2. The van der Waals surface area contributed by atoms with E-state index in [1.807, 2.05) is 27.7 Å². The lowest BCUT2D eigenvalue weighted by molar-refractivity contribution is -0.145. The lowest BCUT2D eigenvalue weighted by atomic mass is 9.70. The molecule has 0 aromatic rings. The van der Waals surface area contributed by atoms with Crippen LogP contribution in [0.2, 0.25) is 0 Å². The molecule has 3 rings (SSSR count). The molecule has 0 bridgehead atoms. The zero-order chi connectivity index (χ0) is 36.0. The molecule has 1 unspecified atom stereocenters. The molecule has 0 aromatic heterocycles. The Bertz CT molecular complexity index is 1320. The molecule has 5 amide bonds. The van der Waals surface area contributed by atoms with Crippen LogP contribution in [0.25, 0.3) is 0 Å². The quantitative estimate of drug-likeness (QED) is 0.160. The van der Waals surface area contributed by atoms with Crippen LogP contribution in [0.1, 0.15) is 92.9 Å². The third-order valence-electron chi connectivity index (χ3n) is 10.7. The van der Waals surface area contributed by atoms with Gasteiger partial charge in [-0.1, -0.05) is 59.5 Å². The fourth-order valence-corrected chi connectivity index (χ4v) is 8.30. The first-order valence-corrected chi connectivity index (χ1v) is 19.0. The molecule has 272 valence electrons. The minimum absolute atomic E-state index is 0.0588. The van der Waals surface area contributed by atoms with Crippen LogP contribution in [0.4, 0.5) is 4.79 Å². The summed E-state index contributed by atoms with van der Waals surface area (Å²) >= 11 is 0. The zero-order valence-corrected chi connectivity index (χ0v) is 30.7. The number of carbonyl (C=O) groups excluding carboxylic acids is 5. The van der Waals surface area contributed by atoms with Crippen LogP contribution >= 0.6 is 0 Å². The van der Waals surface area contributed by atoms with Crippen LogP contribution in [0.3, 0.4) is 0 Å². The summed E-state index contributed by atoms with van der Waals surface area (Å²) in [6, 6.07) is -4.02. The molecule has 4 N–H and O–H groups in total. The number of fused-ring (bicyclic) bond motifs is 1. The molecule has 0 spiro atoms. The molecule has 0 radical (unpaired) electrons. The largest absolute Gasteiger partial charge is 0.346 e. The first-order valence-electron chi connectivity index (χ1n) is 17.4. The Kier molecular flexibility index (Phi) is 13.3. The van der Waals surface area contributed by atoms with Crippen molar-refractivity contribution in [1.29, 1.82) is 0 Å². The normalized spacial score (nSPS) is 24.2. The number of urea groups is 1. The summed E-state index contributed by atoms with van der Waals surface area (Å²) in [7, 11) is -2.00. The number of Topliss-reactive ketones (excluding diaryl/α,β-unsaturated/α-hetero) is 1. The molecule has 13 nitrogen and oxygen atoms in total. The number of sulfonamides is 1. The molecular formula is C34H58N6O7S. The van der Waals surface area contributed by atoms with E-state index >= 15 is 0 Å². The van der Waals surface area contributed by atoms with Crippen LogP contribution in [-0.4, -0.2) is 104 Å². The van der Waals surface area contributed by atoms with Crippen molar-refractivity contribution in [3.63, 3.8) is 0 Å². The lowest BCUT2D eigenvalue weighted by Crippen LogP contribution is -2.63. The van der Waals surface area contributed by atoms with Gasteiger partial charge in [-0.05, 0) is 62.2 Å². The Balaban J connectivity index is 1.88. The Morgan fingerprint density at radius 2 is 1.67 bits per heavy atom. The number of nitrogens with zero attached hydrogens (tertiary/aromatic N) is 2. The van der Waals surface area contributed by atoms with Crippen LogP contribution < -0.4 is 21.3 Å². The van der Waals surface area contributed by atoms with Crippen molar-refractivity contribution >= 4 is 39.6 Å². The van der Waals surface area contributed by atoms with Gasteiger partial charge in [0.15, 0.2) is 0 Å². The van der Waals surface area contributed by atoms with Gasteiger partial charge in [-0.2, -0.15) is 0 Å². The van der Waals surface area contributed by atoms with Crippen molar-refractivity contribution < 1.29 is 32.4 Å². The van der Waals surface area contributed by atoms with Crippen molar-refractivity contribution in [1.82, 2.24) is 30.5 Å². The van der Waals surface area contributed by atoms with Gasteiger partial charge in [-0.3, -0.25) is 19.2 Å². The van der Waals surface area contributed by atoms with Gasteiger partial charge in [0.25, 0.3) is 5.91 Å². The zero-order valence-electron chi connectivity index (χ0n) is 29.9. The maximum atomic E-state index is 14.7. The van der Waals surface area contributed by atoms with E-state index in [1.54, 1.807) is 11.8 Å². The summed E-state index contributed by atoms with van der Waals surface area (Å²) in [6.45, 7) is 14.8. The van der Waals surface area contributed by atoms with Gasteiger partial charge in [-0.25, -0.2) is 17.5 Å². The molecule has 48 heavy (non-hydrogen) atoms. The third-order valence-corrected chi connectivity index (χ3v) is 12.5. The summed E-state index contributed by atoms with van der Waals surface area (Å²) in [5, 5.41) is 11.1.